The first kappa shape index (κ1) is 11.3. The monoisotopic (exact) mass is 230 g/mol. The summed E-state index contributed by atoms with van der Waals surface area (Å²) in [4.78, 5) is 15.8. The zero-order valence-electron chi connectivity index (χ0n) is 9.60. The molecule has 2 N–H and O–H groups in total. The molecule has 5 nitrogen and oxygen atoms in total. The van der Waals surface area contributed by atoms with Gasteiger partial charge in [-0.05, 0) is 24.6 Å². The van der Waals surface area contributed by atoms with Gasteiger partial charge in [0.05, 0.1) is 0 Å². The number of anilines is 1. The summed E-state index contributed by atoms with van der Waals surface area (Å²) in [6, 6.07) is 7.11. The molecule has 0 aliphatic heterocycles. The van der Waals surface area contributed by atoms with Crippen LogP contribution in [0.5, 0.6) is 0 Å². The summed E-state index contributed by atoms with van der Waals surface area (Å²) in [5.41, 5.74) is 1.36. The number of carbonyl (C=O) groups excluding carboxylic acids is 1. The molecule has 5 heteroatoms. The van der Waals surface area contributed by atoms with Crippen LogP contribution in [0.1, 0.15) is 29.5 Å². The van der Waals surface area contributed by atoms with Gasteiger partial charge < -0.3 is 5.32 Å². The second-order valence-corrected chi connectivity index (χ2v) is 3.70. The number of aromatic amines is 1. The van der Waals surface area contributed by atoms with Gasteiger partial charge in [0.15, 0.2) is 5.69 Å². The second kappa shape index (κ2) is 5.25. The highest BCUT2D eigenvalue weighted by molar-refractivity contribution is 6.02. The first-order valence-corrected chi connectivity index (χ1v) is 5.56. The SMILES string of the molecule is CCCc1cc(C(=O)Nc2ccccn2)n[nH]1. The van der Waals surface area contributed by atoms with Crippen LogP contribution in [0.3, 0.4) is 0 Å². The molecule has 0 bridgehead atoms. The molecular formula is C12H14N4O. The predicted molar refractivity (Wildman–Crippen MR) is 64.8 cm³/mol. The van der Waals surface area contributed by atoms with E-state index >= 15 is 0 Å². The van der Waals surface area contributed by atoms with E-state index < -0.39 is 0 Å². The maximum Gasteiger partial charge on any atom is 0.277 e. The summed E-state index contributed by atoms with van der Waals surface area (Å²) >= 11 is 0. The third-order valence-electron chi connectivity index (χ3n) is 2.29. The van der Waals surface area contributed by atoms with Gasteiger partial charge in [-0.2, -0.15) is 5.10 Å². The number of H-pyrrole nitrogens is 1. The number of aromatic nitrogens is 3. The van der Waals surface area contributed by atoms with Crippen molar-refractivity contribution in [2.24, 2.45) is 0 Å². The minimum absolute atomic E-state index is 0.248. The van der Waals surface area contributed by atoms with Crippen molar-refractivity contribution in [3.63, 3.8) is 0 Å². The lowest BCUT2D eigenvalue weighted by atomic mass is 10.2. The van der Waals surface area contributed by atoms with Crippen molar-refractivity contribution in [2.75, 3.05) is 5.32 Å². The van der Waals surface area contributed by atoms with Gasteiger partial charge in [-0.3, -0.25) is 9.89 Å². The van der Waals surface area contributed by atoms with Gasteiger partial charge in [0, 0.05) is 11.9 Å². The van der Waals surface area contributed by atoms with E-state index in [4.69, 9.17) is 0 Å². The Hall–Kier alpha value is -2.17. The molecule has 2 heterocycles. The number of nitrogens with zero attached hydrogens (tertiary/aromatic N) is 2. The second-order valence-electron chi connectivity index (χ2n) is 3.70. The lowest BCUT2D eigenvalue weighted by molar-refractivity contribution is 0.102. The Labute approximate surface area is 99.3 Å². The minimum Gasteiger partial charge on any atom is -0.305 e. The van der Waals surface area contributed by atoms with Crippen molar-refractivity contribution in [1.82, 2.24) is 15.2 Å². The Morgan fingerprint density at radius 1 is 1.47 bits per heavy atom. The smallest absolute Gasteiger partial charge is 0.277 e. The van der Waals surface area contributed by atoms with Gasteiger partial charge in [0.25, 0.3) is 5.91 Å². The third kappa shape index (κ3) is 2.90. The Morgan fingerprint density at radius 3 is 3.06 bits per heavy atom. The quantitative estimate of drug-likeness (QED) is 0.844. The molecule has 0 aromatic carbocycles. The third-order valence-corrected chi connectivity index (χ3v) is 2.29. The minimum atomic E-state index is -0.248. The molecule has 0 spiro atoms. The largest absolute Gasteiger partial charge is 0.305 e. The number of hydrogen-bond acceptors (Lipinski definition) is 3. The molecule has 1 amide bonds. The van der Waals surface area contributed by atoms with E-state index in [1.165, 1.54) is 0 Å². The molecule has 17 heavy (non-hydrogen) atoms. The van der Waals surface area contributed by atoms with Gasteiger partial charge in [0.2, 0.25) is 0 Å². The van der Waals surface area contributed by atoms with Crippen LogP contribution in [0.4, 0.5) is 5.82 Å². The molecule has 0 saturated carbocycles. The zero-order valence-corrected chi connectivity index (χ0v) is 9.60. The Bertz CT molecular complexity index is 492. The molecule has 0 aliphatic carbocycles. The number of pyridine rings is 1. The molecule has 88 valence electrons. The van der Waals surface area contributed by atoms with Crippen molar-refractivity contribution >= 4 is 11.7 Å². The van der Waals surface area contributed by atoms with Crippen molar-refractivity contribution in [1.29, 1.82) is 0 Å². The Kier molecular flexibility index (Phi) is 3.49. The number of rotatable bonds is 4. The fourth-order valence-electron chi connectivity index (χ4n) is 1.49. The molecule has 0 saturated heterocycles. The molecule has 0 aliphatic rings. The number of hydrogen-bond donors (Lipinski definition) is 2. The van der Waals surface area contributed by atoms with Crippen LogP contribution in [0, 0.1) is 0 Å². The predicted octanol–water partition coefficient (Wildman–Crippen LogP) is 2.01. The van der Waals surface area contributed by atoms with Crippen molar-refractivity contribution in [3.8, 4) is 0 Å². The maximum atomic E-state index is 11.8. The van der Waals surface area contributed by atoms with Crippen LogP contribution >= 0.6 is 0 Å². The average Bonchev–Trinajstić information content (AvgIpc) is 2.79. The first-order valence-electron chi connectivity index (χ1n) is 5.56. The van der Waals surface area contributed by atoms with Gasteiger partial charge in [-0.25, -0.2) is 4.98 Å². The lowest BCUT2D eigenvalue weighted by Crippen LogP contribution is -2.13. The maximum absolute atomic E-state index is 11.8. The normalized spacial score (nSPS) is 10.2. The molecule has 0 atom stereocenters. The number of aryl methyl sites for hydroxylation is 1. The fraction of sp³-hybridized carbons (Fsp3) is 0.250. The number of nitrogens with one attached hydrogen (secondary N) is 2. The molecule has 2 aromatic heterocycles. The zero-order chi connectivity index (χ0) is 12.1. The van der Waals surface area contributed by atoms with E-state index in [0.29, 0.717) is 11.5 Å². The fourth-order valence-corrected chi connectivity index (χ4v) is 1.49. The Morgan fingerprint density at radius 2 is 2.35 bits per heavy atom. The summed E-state index contributed by atoms with van der Waals surface area (Å²) in [7, 11) is 0. The highest BCUT2D eigenvalue weighted by atomic mass is 16.2. The first-order chi connectivity index (χ1) is 8.29. The number of amides is 1. The topological polar surface area (TPSA) is 70.7 Å². The van der Waals surface area contributed by atoms with Crippen LogP contribution in [-0.2, 0) is 6.42 Å². The van der Waals surface area contributed by atoms with Crippen LogP contribution in [0.15, 0.2) is 30.5 Å². The van der Waals surface area contributed by atoms with E-state index in [2.05, 4.69) is 27.4 Å². The van der Waals surface area contributed by atoms with Crippen LogP contribution in [-0.4, -0.2) is 21.1 Å². The van der Waals surface area contributed by atoms with E-state index in [1.54, 1.807) is 24.4 Å². The highest BCUT2D eigenvalue weighted by Gasteiger charge is 2.10. The average molecular weight is 230 g/mol. The van der Waals surface area contributed by atoms with E-state index in [9.17, 15) is 4.79 Å². The lowest BCUT2D eigenvalue weighted by Gasteiger charge is -2.00. The molecule has 0 radical (unpaired) electrons. The molecule has 0 unspecified atom stereocenters. The Balaban J connectivity index is 2.04. The summed E-state index contributed by atoms with van der Waals surface area (Å²) in [6.45, 7) is 2.08. The van der Waals surface area contributed by atoms with E-state index in [0.717, 1.165) is 18.5 Å². The summed E-state index contributed by atoms with van der Waals surface area (Å²) < 4.78 is 0. The molecular weight excluding hydrogens is 216 g/mol. The van der Waals surface area contributed by atoms with Crippen molar-refractivity contribution in [3.05, 3.63) is 41.9 Å². The van der Waals surface area contributed by atoms with E-state index in [-0.39, 0.29) is 5.91 Å². The van der Waals surface area contributed by atoms with Gasteiger partial charge in [-0.15, -0.1) is 0 Å². The number of carbonyl (C=O) groups is 1. The molecule has 2 aromatic rings. The van der Waals surface area contributed by atoms with Gasteiger partial charge in [0.1, 0.15) is 5.82 Å². The van der Waals surface area contributed by atoms with Crippen molar-refractivity contribution < 1.29 is 4.79 Å². The van der Waals surface area contributed by atoms with Gasteiger partial charge >= 0.3 is 0 Å². The standard InChI is InChI=1S/C12H14N4O/c1-2-5-9-8-10(16-15-9)12(17)14-11-6-3-4-7-13-11/h3-4,6-8H,2,5H2,1H3,(H,15,16)(H,13,14,17). The molecule has 2 rings (SSSR count). The van der Waals surface area contributed by atoms with Crippen molar-refractivity contribution in [2.45, 2.75) is 19.8 Å². The van der Waals surface area contributed by atoms with E-state index in [1.807, 2.05) is 6.07 Å². The van der Waals surface area contributed by atoms with Gasteiger partial charge in [-0.1, -0.05) is 19.4 Å². The summed E-state index contributed by atoms with van der Waals surface area (Å²) in [5.74, 6) is 0.278. The van der Waals surface area contributed by atoms with Crippen LogP contribution in [0.25, 0.3) is 0 Å². The summed E-state index contributed by atoms with van der Waals surface area (Å²) in [6.07, 6.45) is 3.54. The summed E-state index contributed by atoms with van der Waals surface area (Å²) in [5, 5.41) is 9.49. The van der Waals surface area contributed by atoms with Crippen LogP contribution in [0.2, 0.25) is 0 Å². The van der Waals surface area contributed by atoms with Crippen LogP contribution < -0.4 is 5.32 Å². The highest BCUT2D eigenvalue weighted by Crippen LogP contribution is 2.06. The molecule has 0 fully saturated rings.